The lowest BCUT2D eigenvalue weighted by molar-refractivity contribution is -0.136. The predicted octanol–water partition coefficient (Wildman–Crippen LogP) is 6.20. The quantitative estimate of drug-likeness (QED) is 0.0427. The summed E-state index contributed by atoms with van der Waals surface area (Å²) in [6.07, 6.45) is 9.24. The Kier molecular flexibility index (Phi) is 16.1. The Hall–Kier alpha value is -6.69. The molecule has 2 fully saturated rings. The number of aromatic nitrogens is 4. The number of benzene rings is 3. The minimum Gasteiger partial charge on any atom is -0.494 e. The van der Waals surface area contributed by atoms with E-state index in [-0.39, 0.29) is 30.2 Å². The Morgan fingerprint density at radius 3 is 2.40 bits per heavy atom. The molecule has 0 aliphatic carbocycles. The molecule has 4 amide bonds. The Labute approximate surface area is 396 Å². The topological polar surface area (TPSA) is 202 Å². The van der Waals surface area contributed by atoms with E-state index in [1.54, 1.807) is 24.5 Å². The van der Waals surface area contributed by atoms with E-state index in [1.807, 2.05) is 73.7 Å². The molecule has 0 spiro atoms. The van der Waals surface area contributed by atoms with Gasteiger partial charge in [0, 0.05) is 80.6 Å². The summed E-state index contributed by atoms with van der Waals surface area (Å²) in [6, 6.07) is 23.7. The molecule has 5 heterocycles. The van der Waals surface area contributed by atoms with Gasteiger partial charge in [0.1, 0.15) is 24.1 Å². The molecule has 2 saturated heterocycles. The molecular formula is C51H61N9O8. The van der Waals surface area contributed by atoms with Gasteiger partial charge in [-0.15, -0.1) is 10.2 Å². The highest BCUT2D eigenvalue weighted by Crippen LogP contribution is 2.36. The molecule has 358 valence electrons. The van der Waals surface area contributed by atoms with Gasteiger partial charge in [-0.2, -0.15) is 0 Å². The van der Waals surface area contributed by atoms with E-state index in [9.17, 15) is 19.2 Å². The summed E-state index contributed by atoms with van der Waals surface area (Å²) in [5, 5.41) is 18.3. The van der Waals surface area contributed by atoms with Crippen LogP contribution in [0.4, 0.5) is 5.69 Å². The summed E-state index contributed by atoms with van der Waals surface area (Å²) in [5.41, 5.74) is 4.14. The second-order valence-corrected chi connectivity index (χ2v) is 17.7. The Morgan fingerprint density at radius 1 is 0.824 bits per heavy atom. The molecule has 3 aliphatic heterocycles. The van der Waals surface area contributed by atoms with E-state index in [0.29, 0.717) is 75.3 Å². The van der Waals surface area contributed by atoms with Gasteiger partial charge >= 0.3 is 0 Å². The molecule has 1 unspecified atom stereocenters. The van der Waals surface area contributed by atoms with Crippen LogP contribution in [0.25, 0.3) is 11.4 Å². The first-order valence-electron chi connectivity index (χ1n) is 23.6. The number of hydrogen-bond donors (Lipinski definition) is 4. The van der Waals surface area contributed by atoms with Gasteiger partial charge in [0.2, 0.25) is 11.8 Å². The lowest BCUT2D eigenvalue weighted by Crippen LogP contribution is -2.52. The number of fused-ring (bicyclic) bond motifs is 1. The van der Waals surface area contributed by atoms with Crippen molar-refractivity contribution in [1.29, 1.82) is 0 Å². The highest BCUT2D eigenvalue weighted by molar-refractivity contribution is 6.05. The Balaban J connectivity index is 0.685. The average molecular weight is 928 g/mol. The maximum absolute atomic E-state index is 13.6. The van der Waals surface area contributed by atoms with Crippen molar-refractivity contribution in [3.63, 3.8) is 0 Å². The van der Waals surface area contributed by atoms with Gasteiger partial charge in [0.05, 0.1) is 24.8 Å². The van der Waals surface area contributed by atoms with Gasteiger partial charge in [-0.25, -0.2) is 0 Å². The number of aromatic amines is 1. The second-order valence-electron chi connectivity index (χ2n) is 17.7. The maximum Gasteiger partial charge on any atom is 0.255 e. The van der Waals surface area contributed by atoms with Crippen molar-refractivity contribution < 1.29 is 38.1 Å². The molecule has 5 aromatic rings. The summed E-state index contributed by atoms with van der Waals surface area (Å²) < 4.78 is 23.5. The van der Waals surface area contributed by atoms with Gasteiger partial charge < -0.3 is 44.4 Å². The van der Waals surface area contributed by atoms with Crippen molar-refractivity contribution >= 4 is 29.3 Å². The molecular weight excluding hydrogens is 867 g/mol. The number of imide groups is 1. The van der Waals surface area contributed by atoms with E-state index < -0.39 is 17.5 Å². The molecule has 0 radical (unpaired) electrons. The Morgan fingerprint density at radius 2 is 1.57 bits per heavy atom. The first-order chi connectivity index (χ1) is 33.1. The van der Waals surface area contributed by atoms with Crippen molar-refractivity contribution in [3.8, 4) is 22.9 Å². The van der Waals surface area contributed by atoms with Crippen LogP contribution in [0.1, 0.15) is 102 Å². The van der Waals surface area contributed by atoms with E-state index in [2.05, 4.69) is 48.1 Å². The van der Waals surface area contributed by atoms with Crippen LogP contribution < -0.4 is 25.4 Å². The van der Waals surface area contributed by atoms with Crippen LogP contribution in [0.15, 0.2) is 91.3 Å². The molecule has 17 nitrogen and oxygen atoms in total. The monoisotopic (exact) mass is 927 g/mol. The van der Waals surface area contributed by atoms with Crippen LogP contribution >= 0.6 is 0 Å². The number of likely N-dealkylation sites (tertiary alicyclic amines) is 1. The molecule has 2 aromatic heterocycles. The normalized spacial score (nSPS) is 17.4. The number of hydrogen-bond acceptors (Lipinski definition) is 13. The fraction of sp³-hybridized carbons (Fsp3) is 0.431. The van der Waals surface area contributed by atoms with Crippen LogP contribution in [0.3, 0.4) is 0 Å². The highest BCUT2D eigenvalue weighted by atomic mass is 16.5. The molecule has 8 rings (SSSR count). The third kappa shape index (κ3) is 12.2. The standard InChI is InChI=1S/C51H61N9O8/c1-35(53-47(62)38-10-6-11-40(31-38)56-51(19-23-59(2)24-20-51)50-55-46(57-58-50)36-17-21-52-22-18-36)37-9-7-12-41(32-37)67-28-5-3-4-25-65-26-8-27-66-29-30-68-42-13-14-43-39(33-42)34-60(49(43)64)44-15-16-45(61)54-48(44)63/h6-7,9-14,17-18,21-22,31-33,35,44,56H,3-5,8,15-16,19-20,23-30,34H2,1-2H3,(H,53,62)(H,54,61,63)(H,55,57,58)/t35-,44?/m1/s1. The van der Waals surface area contributed by atoms with Crippen molar-refractivity contribution in [2.45, 2.75) is 82.5 Å². The lowest BCUT2D eigenvalue weighted by Gasteiger charge is -2.40. The molecule has 3 aromatic carbocycles. The number of carbonyl (C=O) groups excluding carboxylic acids is 4. The van der Waals surface area contributed by atoms with Crippen molar-refractivity contribution in [1.82, 2.24) is 40.6 Å². The highest BCUT2D eigenvalue weighted by Gasteiger charge is 2.40. The third-order valence-corrected chi connectivity index (χ3v) is 12.7. The molecule has 0 saturated carbocycles. The fourth-order valence-electron chi connectivity index (χ4n) is 8.79. The van der Waals surface area contributed by atoms with Gasteiger partial charge in [0.25, 0.3) is 11.8 Å². The summed E-state index contributed by atoms with van der Waals surface area (Å²) in [6.45, 7) is 7.26. The average Bonchev–Trinajstić information content (AvgIpc) is 3.98. The number of nitrogens with zero attached hydrogens (tertiary/aromatic N) is 5. The van der Waals surface area contributed by atoms with E-state index in [1.165, 1.54) is 4.90 Å². The van der Waals surface area contributed by atoms with E-state index in [0.717, 1.165) is 85.6 Å². The van der Waals surface area contributed by atoms with Gasteiger partial charge in [0.15, 0.2) is 11.6 Å². The summed E-state index contributed by atoms with van der Waals surface area (Å²) in [5.74, 6) is 1.76. The van der Waals surface area contributed by atoms with Gasteiger partial charge in [-0.05, 0) is 131 Å². The van der Waals surface area contributed by atoms with Gasteiger partial charge in [-0.1, -0.05) is 18.2 Å². The second kappa shape index (κ2) is 22.9. The minimum atomic E-state index is -0.642. The number of H-pyrrole nitrogens is 1. The summed E-state index contributed by atoms with van der Waals surface area (Å²) in [4.78, 5) is 61.8. The molecule has 17 heteroatoms. The molecule has 4 N–H and O–H groups in total. The zero-order valence-corrected chi connectivity index (χ0v) is 38.8. The van der Waals surface area contributed by atoms with Crippen LogP contribution in [-0.2, 0) is 31.1 Å². The fourth-order valence-corrected chi connectivity index (χ4v) is 8.79. The largest absolute Gasteiger partial charge is 0.494 e. The van der Waals surface area contributed by atoms with Crippen molar-refractivity contribution in [2.75, 3.05) is 65.1 Å². The SMILES string of the molecule is C[C@@H](NC(=O)c1cccc(NC2(c3nnc(-c4ccncc4)[nH]3)CCN(C)CC2)c1)c1cccc(OCCCCCOCCCOCCOc2ccc3c(c2)CN(C2CCC(=O)NC2=O)C3=O)c1. The number of piperidine rings is 2. The number of ether oxygens (including phenoxy) is 4. The first-order valence-corrected chi connectivity index (χ1v) is 23.6. The van der Waals surface area contributed by atoms with Crippen molar-refractivity contribution in [3.05, 3.63) is 119 Å². The molecule has 3 aliphatic rings. The van der Waals surface area contributed by atoms with Crippen LogP contribution in [0.5, 0.6) is 11.5 Å². The number of anilines is 1. The molecule has 2 atom stereocenters. The maximum atomic E-state index is 13.6. The van der Waals surface area contributed by atoms with Crippen LogP contribution in [-0.4, -0.2) is 119 Å². The zero-order valence-electron chi connectivity index (χ0n) is 38.8. The predicted molar refractivity (Wildman–Crippen MR) is 254 cm³/mol. The number of nitrogens with one attached hydrogen (secondary N) is 4. The number of pyridine rings is 1. The molecule has 0 bridgehead atoms. The minimum absolute atomic E-state index is 0.165. The first kappa shape index (κ1) is 47.8. The van der Waals surface area contributed by atoms with Crippen molar-refractivity contribution in [2.24, 2.45) is 0 Å². The zero-order chi connectivity index (χ0) is 47.3. The number of carbonyl (C=O) groups is 4. The number of amides is 4. The summed E-state index contributed by atoms with van der Waals surface area (Å²) in [7, 11) is 2.12. The smallest absolute Gasteiger partial charge is 0.255 e. The summed E-state index contributed by atoms with van der Waals surface area (Å²) >= 11 is 0. The molecule has 68 heavy (non-hydrogen) atoms. The number of unbranched alkanes of at least 4 members (excludes halogenated alkanes) is 2. The Bertz CT molecular complexity index is 2510. The van der Waals surface area contributed by atoms with Crippen LogP contribution in [0.2, 0.25) is 0 Å². The third-order valence-electron chi connectivity index (χ3n) is 12.7. The van der Waals surface area contributed by atoms with E-state index in [4.69, 9.17) is 18.9 Å². The lowest BCUT2D eigenvalue weighted by atomic mass is 9.86. The van der Waals surface area contributed by atoms with Gasteiger partial charge in [-0.3, -0.25) is 29.5 Å². The van der Waals surface area contributed by atoms with Crippen LogP contribution in [0, 0.1) is 0 Å². The van der Waals surface area contributed by atoms with E-state index >= 15 is 0 Å². The number of rotatable bonds is 23.